The zero-order chi connectivity index (χ0) is 21.1. The molecule has 0 bridgehead atoms. The van der Waals surface area contributed by atoms with E-state index in [1.807, 2.05) is 26.0 Å². The van der Waals surface area contributed by atoms with E-state index in [-0.39, 0.29) is 11.8 Å². The van der Waals surface area contributed by atoms with Gasteiger partial charge in [0, 0.05) is 16.3 Å². The van der Waals surface area contributed by atoms with E-state index in [2.05, 4.69) is 10.6 Å². The summed E-state index contributed by atoms with van der Waals surface area (Å²) in [6, 6.07) is 9.50. The van der Waals surface area contributed by atoms with Crippen LogP contribution in [0, 0.1) is 19.7 Å². The van der Waals surface area contributed by atoms with E-state index in [0.29, 0.717) is 17.0 Å². The number of hydrogen-bond acceptors (Lipinski definition) is 4. The minimum Gasteiger partial charge on any atom is -0.466 e. The third-order valence-electron chi connectivity index (χ3n) is 4.92. The molecule has 5 nitrogen and oxygen atoms in total. The number of hydrogen-bond donors (Lipinski definition) is 2. The van der Waals surface area contributed by atoms with Gasteiger partial charge in [0.25, 0.3) is 0 Å². The Labute approximate surface area is 173 Å². The Bertz CT molecular complexity index is 986. The number of carbonyl (C=O) groups is 2. The molecule has 0 saturated heterocycles. The molecule has 0 fully saturated rings. The van der Waals surface area contributed by atoms with Crippen molar-refractivity contribution in [2.24, 2.45) is 0 Å². The average molecular weight is 415 g/mol. The summed E-state index contributed by atoms with van der Waals surface area (Å²) in [5.41, 5.74) is 4.87. The lowest BCUT2D eigenvalue weighted by molar-refractivity contribution is -0.136. The topological polar surface area (TPSA) is 67.4 Å². The van der Waals surface area contributed by atoms with Gasteiger partial charge in [0.2, 0.25) is 0 Å². The molecule has 7 heteroatoms. The number of methoxy groups -OCH3 is 1. The molecule has 0 aromatic heterocycles. The highest BCUT2D eigenvalue weighted by atomic mass is 32.2. The van der Waals surface area contributed by atoms with Gasteiger partial charge in [0.15, 0.2) is 0 Å². The van der Waals surface area contributed by atoms with Gasteiger partial charge in [0.1, 0.15) is 5.82 Å². The van der Waals surface area contributed by atoms with Crippen LogP contribution in [0.1, 0.15) is 35.2 Å². The lowest BCUT2D eigenvalue weighted by atomic mass is 9.90. The van der Waals surface area contributed by atoms with Crippen LogP contribution in [0.2, 0.25) is 0 Å². The maximum absolute atomic E-state index is 13.1. The monoisotopic (exact) mass is 414 g/mol. The number of rotatable bonds is 5. The lowest BCUT2D eigenvalue weighted by Gasteiger charge is -2.29. The molecule has 0 saturated carbocycles. The molecule has 0 aliphatic carbocycles. The summed E-state index contributed by atoms with van der Waals surface area (Å²) in [4.78, 5) is 25.4. The summed E-state index contributed by atoms with van der Waals surface area (Å²) in [6.45, 7) is 5.67. The Balaban J connectivity index is 1.95. The molecular formula is C22H23FN2O3S. The third-order valence-corrected chi connectivity index (χ3v) is 5.98. The predicted molar refractivity (Wildman–Crippen MR) is 111 cm³/mol. The second-order valence-electron chi connectivity index (χ2n) is 6.94. The molecule has 2 aromatic carbocycles. The molecule has 1 aliphatic heterocycles. The normalized spacial score (nSPS) is 16.3. The Hall–Kier alpha value is -2.80. The largest absolute Gasteiger partial charge is 0.466 e. The molecule has 3 rings (SSSR count). The SMILES string of the molecule is COC(=O)C1=C(C)NC(=O)NC1c1cc(CSc2ccc(F)cc2)c(C)cc1C. The molecule has 0 spiro atoms. The molecule has 1 unspecified atom stereocenters. The van der Waals surface area contributed by atoms with Crippen LogP contribution >= 0.6 is 11.8 Å². The summed E-state index contributed by atoms with van der Waals surface area (Å²) >= 11 is 1.60. The van der Waals surface area contributed by atoms with Crippen molar-refractivity contribution < 1.29 is 18.7 Å². The zero-order valence-electron chi connectivity index (χ0n) is 16.8. The van der Waals surface area contributed by atoms with Crippen molar-refractivity contribution >= 4 is 23.8 Å². The summed E-state index contributed by atoms with van der Waals surface area (Å²) in [6.07, 6.45) is 0. The molecule has 29 heavy (non-hydrogen) atoms. The molecule has 0 radical (unpaired) electrons. The first-order valence-corrected chi connectivity index (χ1v) is 10.1. The second kappa shape index (κ2) is 8.69. The van der Waals surface area contributed by atoms with Crippen LogP contribution in [0.25, 0.3) is 0 Å². The van der Waals surface area contributed by atoms with Gasteiger partial charge in [-0.25, -0.2) is 14.0 Å². The van der Waals surface area contributed by atoms with Gasteiger partial charge in [-0.1, -0.05) is 12.1 Å². The van der Waals surface area contributed by atoms with E-state index < -0.39 is 12.0 Å². The molecule has 2 amide bonds. The van der Waals surface area contributed by atoms with Gasteiger partial charge >= 0.3 is 12.0 Å². The van der Waals surface area contributed by atoms with Crippen LogP contribution < -0.4 is 10.6 Å². The number of thioether (sulfide) groups is 1. The number of esters is 1. The fourth-order valence-corrected chi connectivity index (χ4v) is 4.34. The minimum atomic E-state index is -0.591. The minimum absolute atomic E-state index is 0.262. The second-order valence-corrected chi connectivity index (χ2v) is 7.99. The molecule has 152 valence electrons. The molecule has 1 heterocycles. The Kier molecular flexibility index (Phi) is 6.27. The Morgan fingerprint density at radius 3 is 2.48 bits per heavy atom. The van der Waals surface area contributed by atoms with Crippen LogP contribution in [-0.4, -0.2) is 19.1 Å². The van der Waals surface area contributed by atoms with E-state index in [1.165, 1.54) is 19.2 Å². The highest BCUT2D eigenvalue weighted by Crippen LogP contribution is 2.33. The number of benzene rings is 2. The lowest BCUT2D eigenvalue weighted by Crippen LogP contribution is -2.45. The predicted octanol–water partition coefficient (Wildman–Crippen LogP) is 4.54. The van der Waals surface area contributed by atoms with Crippen LogP contribution in [0.4, 0.5) is 9.18 Å². The summed E-state index contributed by atoms with van der Waals surface area (Å²) in [5.74, 6) is -0.0654. The first kappa shape index (κ1) is 20.9. The number of urea groups is 1. The standard InChI is InChI=1S/C22H23FN2O3S/c1-12-9-13(2)18(10-15(12)11-29-17-7-5-16(23)6-8-17)20-19(21(26)28-4)14(3)24-22(27)25-20/h5-10,20H,11H2,1-4H3,(H2,24,25,27). The van der Waals surface area contributed by atoms with E-state index >= 15 is 0 Å². The van der Waals surface area contributed by atoms with Crippen molar-refractivity contribution in [3.05, 3.63) is 75.7 Å². The van der Waals surface area contributed by atoms with Gasteiger partial charge < -0.3 is 15.4 Å². The van der Waals surface area contributed by atoms with E-state index in [0.717, 1.165) is 27.1 Å². The highest BCUT2D eigenvalue weighted by Gasteiger charge is 2.33. The molecular weight excluding hydrogens is 391 g/mol. The summed E-state index contributed by atoms with van der Waals surface area (Å²) < 4.78 is 18.1. The van der Waals surface area contributed by atoms with Crippen molar-refractivity contribution in [2.75, 3.05) is 7.11 Å². The molecule has 2 aromatic rings. The van der Waals surface area contributed by atoms with E-state index in [9.17, 15) is 14.0 Å². The number of halogens is 1. The van der Waals surface area contributed by atoms with Crippen molar-refractivity contribution in [1.29, 1.82) is 0 Å². The van der Waals surface area contributed by atoms with Gasteiger partial charge in [-0.2, -0.15) is 0 Å². The number of ether oxygens (including phenoxy) is 1. The maximum atomic E-state index is 13.1. The number of carbonyl (C=O) groups excluding carboxylic acids is 2. The Morgan fingerprint density at radius 1 is 1.14 bits per heavy atom. The number of aryl methyl sites for hydroxylation is 2. The number of amides is 2. The fraction of sp³-hybridized carbons (Fsp3) is 0.273. The van der Waals surface area contributed by atoms with Crippen molar-refractivity contribution in [2.45, 2.75) is 37.5 Å². The smallest absolute Gasteiger partial charge is 0.337 e. The highest BCUT2D eigenvalue weighted by molar-refractivity contribution is 7.98. The van der Waals surface area contributed by atoms with Crippen molar-refractivity contribution in [3.63, 3.8) is 0 Å². The van der Waals surface area contributed by atoms with Gasteiger partial charge in [-0.15, -0.1) is 11.8 Å². The zero-order valence-corrected chi connectivity index (χ0v) is 17.6. The first-order chi connectivity index (χ1) is 13.8. The number of allylic oxidation sites excluding steroid dienone is 1. The molecule has 2 N–H and O–H groups in total. The van der Waals surface area contributed by atoms with E-state index in [1.54, 1.807) is 30.8 Å². The third kappa shape index (κ3) is 4.62. The van der Waals surface area contributed by atoms with Crippen LogP contribution in [-0.2, 0) is 15.3 Å². The fourth-order valence-electron chi connectivity index (χ4n) is 3.38. The Morgan fingerprint density at radius 2 is 1.83 bits per heavy atom. The van der Waals surface area contributed by atoms with E-state index in [4.69, 9.17) is 4.74 Å². The van der Waals surface area contributed by atoms with Crippen LogP contribution in [0.3, 0.4) is 0 Å². The molecule has 1 aliphatic rings. The summed E-state index contributed by atoms with van der Waals surface area (Å²) in [5, 5.41) is 5.47. The quantitative estimate of drug-likeness (QED) is 0.557. The van der Waals surface area contributed by atoms with Crippen molar-refractivity contribution in [3.8, 4) is 0 Å². The van der Waals surface area contributed by atoms with Gasteiger partial charge in [0.05, 0.1) is 18.7 Å². The molecule has 1 atom stereocenters. The van der Waals surface area contributed by atoms with Crippen molar-refractivity contribution in [1.82, 2.24) is 10.6 Å². The maximum Gasteiger partial charge on any atom is 0.337 e. The van der Waals surface area contributed by atoms with Crippen LogP contribution in [0.5, 0.6) is 0 Å². The van der Waals surface area contributed by atoms with Gasteiger partial charge in [-0.3, -0.25) is 0 Å². The first-order valence-electron chi connectivity index (χ1n) is 9.15. The summed E-state index contributed by atoms with van der Waals surface area (Å²) in [7, 11) is 1.32. The van der Waals surface area contributed by atoms with Gasteiger partial charge in [-0.05, 0) is 67.3 Å². The number of nitrogens with one attached hydrogen (secondary N) is 2. The average Bonchev–Trinajstić information content (AvgIpc) is 2.67. The van der Waals surface area contributed by atoms with Crippen LogP contribution in [0.15, 0.2) is 52.6 Å².